The first-order chi connectivity index (χ1) is 8.33. The zero-order valence-corrected chi connectivity index (χ0v) is 8.92. The second-order valence-corrected chi connectivity index (χ2v) is 3.69. The number of aromatic nitrogens is 2. The van der Waals surface area contributed by atoms with E-state index < -0.39 is 0 Å². The van der Waals surface area contributed by atoms with Crippen molar-refractivity contribution in [3.63, 3.8) is 0 Å². The maximum Gasteiger partial charge on any atom is 0.151 e. The molecule has 0 saturated carbocycles. The molecule has 0 aliphatic carbocycles. The molecule has 0 amide bonds. The quantitative estimate of drug-likeness (QED) is 0.706. The number of hydrogen-bond donors (Lipinski definition) is 2. The summed E-state index contributed by atoms with van der Waals surface area (Å²) >= 11 is 0. The van der Waals surface area contributed by atoms with Gasteiger partial charge in [0.15, 0.2) is 5.76 Å². The van der Waals surface area contributed by atoms with Crippen molar-refractivity contribution in [3.8, 4) is 28.5 Å². The lowest BCUT2D eigenvalue weighted by Crippen LogP contribution is -1.76. The predicted octanol–water partition coefficient (Wildman–Crippen LogP) is 3.04. The van der Waals surface area contributed by atoms with Crippen LogP contribution in [0.25, 0.3) is 22.7 Å². The standard InChI is InChI=1S/C13H10N2O2/c16-10-5-3-9(4-6-10)11-8-12(15-14-11)13-2-1-7-17-13/h1-8,16H,(H,14,15). The van der Waals surface area contributed by atoms with Gasteiger partial charge in [-0.3, -0.25) is 5.10 Å². The van der Waals surface area contributed by atoms with Gasteiger partial charge in [-0.25, -0.2) is 0 Å². The summed E-state index contributed by atoms with van der Waals surface area (Å²) in [6.45, 7) is 0. The Balaban J connectivity index is 1.98. The number of aromatic hydroxyl groups is 1. The van der Waals surface area contributed by atoms with Gasteiger partial charge >= 0.3 is 0 Å². The molecule has 0 unspecified atom stereocenters. The largest absolute Gasteiger partial charge is 0.508 e. The Kier molecular flexibility index (Phi) is 2.19. The molecule has 0 bridgehead atoms. The van der Waals surface area contributed by atoms with Crippen LogP contribution < -0.4 is 0 Å². The molecule has 0 aliphatic heterocycles. The second kappa shape index (κ2) is 3.83. The van der Waals surface area contributed by atoms with Crippen LogP contribution in [0.3, 0.4) is 0 Å². The average Bonchev–Trinajstić information content (AvgIpc) is 3.00. The van der Waals surface area contributed by atoms with Crippen LogP contribution in [0, 0.1) is 0 Å². The third-order valence-corrected chi connectivity index (χ3v) is 2.53. The summed E-state index contributed by atoms with van der Waals surface area (Å²) < 4.78 is 5.28. The number of phenols is 1. The molecule has 0 fully saturated rings. The number of phenolic OH excluding ortho intramolecular Hbond substituents is 1. The van der Waals surface area contributed by atoms with E-state index in [4.69, 9.17) is 4.42 Å². The fraction of sp³-hybridized carbons (Fsp3) is 0. The number of aromatic amines is 1. The third kappa shape index (κ3) is 1.80. The van der Waals surface area contributed by atoms with Crippen LogP contribution in [-0.2, 0) is 0 Å². The molecule has 84 valence electrons. The summed E-state index contributed by atoms with van der Waals surface area (Å²) in [5.41, 5.74) is 2.59. The summed E-state index contributed by atoms with van der Waals surface area (Å²) in [7, 11) is 0. The van der Waals surface area contributed by atoms with E-state index in [9.17, 15) is 5.11 Å². The van der Waals surface area contributed by atoms with E-state index in [1.54, 1.807) is 18.4 Å². The van der Waals surface area contributed by atoms with Crippen molar-refractivity contribution in [2.75, 3.05) is 0 Å². The molecule has 17 heavy (non-hydrogen) atoms. The highest BCUT2D eigenvalue weighted by Gasteiger charge is 2.07. The number of rotatable bonds is 2. The van der Waals surface area contributed by atoms with E-state index >= 15 is 0 Å². The maximum absolute atomic E-state index is 9.22. The number of hydrogen-bond acceptors (Lipinski definition) is 3. The first-order valence-electron chi connectivity index (χ1n) is 5.21. The van der Waals surface area contributed by atoms with Crippen LogP contribution in [0.5, 0.6) is 5.75 Å². The Labute approximate surface area is 97.5 Å². The Morgan fingerprint density at radius 1 is 1.12 bits per heavy atom. The summed E-state index contributed by atoms with van der Waals surface area (Å²) in [5, 5.41) is 16.3. The van der Waals surface area contributed by atoms with Crippen LogP contribution in [-0.4, -0.2) is 15.3 Å². The number of H-pyrrole nitrogens is 1. The molecule has 4 heteroatoms. The summed E-state index contributed by atoms with van der Waals surface area (Å²) in [4.78, 5) is 0. The molecular formula is C13H10N2O2. The second-order valence-electron chi connectivity index (χ2n) is 3.69. The molecular weight excluding hydrogens is 216 g/mol. The van der Waals surface area contributed by atoms with Gasteiger partial charge in [-0.1, -0.05) is 0 Å². The van der Waals surface area contributed by atoms with Crippen LogP contribution in [0.2, 0.25) is 0 Å². The van der Waals surface area contributed by atoms with E-state index in [1.165, 1.54) is 0 Å². The molecule has 2 aromatic heterocycles. The van der Waals surface area contributed by atoms with Crippen molar-refractivity contribution >= 4 is 0 Å². The highest BCUT2D eigenvalue weighted by molar-refractivity contribution is 5.66. The van der Waals surface area contributed by atoms with Gasteiger partial charge in [0.05, 0.1) is 12.0 Å². The molecule has 1 aromatic carbocycles. The van der Waals surface area contributed by atoms with Crippen LogP contribution >= 0.6 is 0 Å². The van der Waals surface area contributed by atoms with Crippen LogP contribution in [0.15, 0.2) is 53.1 Å². The first-order valence-corrected chi connectivity index (χ1v) is 5.21. The van der Waals surface area contributed by atoms with E-state index in [1.807, 2.05) is 30.3 Å². The maximum atomic E-state index is 9.22. The fourth-order valence-corrected chi connectivity index (χ4v) is 1.66. The number of nitrogens with zero attached hydrogens (tertiary/aromatic N) is 1. The zero-order chi connectivity index (χ0) is 11.7. The Bertz CT molecular complexity index is 609. The zero-order valence-electron chi connectivity index (χ0n) is 8.92. The summed E-state index contributed by atoms with van der Waals surface area (Å²) in [5.74, 6) is 0.998. The molecule has 2 N–H and O–H groups in total. The Morgan fingerprint density at radius 3 is 2.65 bits per heavy atom. The molecule has 0 radical (unpaired) electrons. The minimum Gasteiger partial charge on any atom is -0.508 e. The third-order valence-electron chi connectivity index (χ3n) is 2.53. The van der Waals surface area contributed by atoms with Crippen molar-refractivity contribution in [2.24, 2.45) is 0 Å². The minimum atomic E-state index is 0.246. The van der Waals surface area contributed by atoms with E-state index in [-0.39, 0.29) is 5.75 Å². The molecule has 3 rings (SSSR count). The number of furan rings is 1. The minimum absolute atomic E-state index is 0.246. The van der Waals surface area contributed by atoms with Gasteiger partial charge in [0.25, 0.3) is 0 Å². The summed E-state index contributed by atoms with van der Waals surface area (Å²) in [6.07, 6.45) is 1.62. The molecule has 0 saturated heterocycles. The molecule has 4 nitrogen and oxygen atoms in total. The first kappa shape index (κ1) is 9.72. The lowest BCUT2D eigenvalue weighted by atomic mass is 10.1. The van der Waals surface area contributed by atoms with Crippen molar-refractivity contribution in [1.29, 1.82) is 0 Å². The molecule has 0 spiro atoms. The van der Waals surface area contributed by atoms with E-state index in [2.05, 4.69) is 10.2 Å². The van der Waals surface area contributed by atoms with Gasteiger partial charge in [-0.2, -0.15) is 5.10 Å². The average molecular weight is 226 g/mol. The van der Waals surface area contributed by atoms with Crippen LogP contribution in [0.1, 0.15) is 0 Å². The topological polar surface area (TPSA) is 62.1 Å². The highest BCUT2D eigenvalue weighted by atomic mass is 16.3. The van der Waals surface area contributed by atoms with Crippen molar-refractivity contribution < 1.29 is 9.52 Å². The number of benzene rings is 1. The molecule has 0 atom stereocenters. The van der Waals surface area contributed by atoms with Gasteiger partial charge in [-0.05, 0) is 42.5 Å². The lowest BCUT2D eigenvalue weighted by Gasteiger charge is -1.95. The highest BCUT2D eigenvalue weighted by Crippen LogP contribution is 2.25. The van der Waals surface area contributed by atoms with Gasteiger partial charge < -0.3 is 9.52 Å². The molecule has 2 heterocycles. The van der Waals surface area contributed by atoms with E-state index in [0.29, 0.717) is 0 Å². The monoisotopic (exact) mass is 226 g/mol. The molecule has 3 aromatic rings. The van der Waals surface area contributed by atoms with Crippen molar-refractivity contribution in [1.82, 2.24) is 10.2 Å². The fourth-order valence-electron chi connectivity index (χ4n) is 1.66. The Morgan fingerprint density at radius 2 is 1.94 bits per heavy atom. The van der Waals surface area contributed by atoms with Gasteiger partial charge in [-0.15, -0.1) is 0 Å². The van der Waals surface area contributed by atoms with E-state index in [0.717, 1.165) is 22.7 Å². The van der Waals surface area contributed by atoms with Crippen molar-refractivity contribution in [2.45, 2.75) is 0 Å². The summed E-state index contributed by atoms with van der Waals surface area (Å²) in [6, 6.07) is 12.5. The van der Waals surface area contributed by atoms with Crippen LogP contribution in [0.4, 0.5) is 0 Å². The predicted molar refractivity (Wildman–Crippen MR) is 63.4 cm³/mol. The number of nitrogens with one attached hydrogen (secondary N) is 1. The Hall–Kier alpha value is -2.49. The normalized spacial score (nSPS) is 10.6. The SMILES string of the molecule is Oc1ccc(-c2cc(-c3ccco3)[nH]n2)cc1. The van der Waals surface area contributed by atoms with Gasteiger partial charge in [0.2, 0.25) is 0 Å². The van der Waals surface area contributed by atoms with Crippen molar-refractivity contribution in [3.05, 3.63) is 48.7 Å². The van der Waals surface area contributed by atoms with Gasteiger partial charge in [0.1, 0.15) is 11.4 Å². The lowest BCUT2D eigenvalue weighted by molar-refractivity contribution is 0.475. The smallest absolute Gasteiger partial charge is 0.151 e. The molecule has 0 aliphatic rings. The van der Waals surface area contributed by atoms with Gasteiger partial charge in [0, 0.05) is 5.56 Å².